The third-order valence-corrected chi connectivity index (χ3v) is 12.4. The normalized spacial score (nSPS) is 18.3. The zero-order chi connectivity index (χ0) is 48.2. The van der Waals surface area contributed by atoms with Crippen LogP contribution < -0.4 is 31.3 Å². The maximum absolute atomic E-state index is 14.8. The van der Waals surface area contributed by atoms with E-state index in [1.165, 1.54) is 17.3 Å². The summed E-state index contributed by atoms with van der Waals surface area (Å²) in [4.78, 5) is 123. The predicted molar refractivity (Wildman–Crippen MR) is 237 cm³/mol. The standard InChI is InChI=1S/C43H40N10O12S2/c1-4-50-17-18-51(38(59)37(50)58)42(62)47-31(27-15-16-29(63-23(2)55)30(19-27)64-24(3)56)36(57)48-43(45-22-54)40(61)53-32(28(20-67-41(43)53)34(66)35-49-46-21-52(35)44)39(60)65-33(25-11-7-5-8-12-25)26-13-9-6-10-14-26/h5-16,19,21-22,31,33,41H,4,17-18,20,44H2,1-3H3,(H,45,54)(H,47,62)(H,48,57)/t31?,41-,43+/m0/s1. The molecule has 5 N–H and O–H groups in total. The van der Waals surface area contributed by atoms with E-state index in [2.05, 4.69) is 26.1 Å². The molecule has 1 aromatic heterocycles. The average molecular weight is 953 g/mol. The first-order valence-corrected chi connectivity index (χ1v) is 21.7. The molecular weight excluding hydrogens is 913 g/mol. The largest absolute Gasteiger partial charge is 0.448 e. The highest BCUT2D eigenvalue weighted by molar-refractivity contribution is 8.00. The molecule has 0 radical (unpaired) electrons. The third-order valence-electron chi connectivity index (χ3n) is 10.6. The molecule has 7 amide bonds. The number of esters is 3. The monoisotopic (exact) mass is 952 g/mol. The number of carbonyl (C=O) groups is 9. The number of β-lactam (4-membered cyclic amide) rings is 1. The van der Waals surface area contributed by atoms with E-state index < -0.39 is 70.8 Å². The van der Waals surface area contributed by atoms with Crippen LogP contribution in [0.15, 0.2) is 96.5 Å². The number of thiocarbonyl (C=S) groups is 1. The Balaban J connectivity index is 1.27. The molecule has 0 spiro atoms. The van der Waals surface area contributed by atoms with E-state index in [0.717, 1.165) is 47.3 Å². The van der Waals surface area contributed by atoms with E-state index in [-0.39, 0.29) is 70.8 Å². The number of ether oxygens (including phenoxy) is 3. The Kier molecular flexibility index (Phi) is 13.8. The third kappa shape index (κ3) is 9.28. The molecule has 0 aliphatic carbocycles. The molecule has 2 fully saturated rings. The molecular formula is C43H40N10O12S2. The molecule has 4 heterocycles. The Morgan fingerprint density at radius 1 is 0.910 bits per heavy atom. The number of thioether (sulfide) groups is 1. The van der Waals surface area contributed by atoms with Gasteiger partial charge in [-0.15, -0.1) is 22.0 Å². The van der Waals surface area contributed by atoms with Gasteiger partial charge in [-0.25, -0.2) is 14.3 Å². The molecule has 346 valence electrons. The van der Waals surface area contributed by atoms with Gasteiger partial charge in [-0.05, 0) is 35.7 Å². The fraction of sp³-hybridized carbons (Fsp3) is 0.256. The lowest BCUT2D eigenvalue weighted by atomic mass is 9.93. The van der Waals surface area contributed by atoms with Crippen molar-refractivity contribution in [3.05, 3.63) is 119 Å². The van der Waals surface area contributed by atoms with Gasteiger partial charge in [0, 0.05) is 44.8 Å². The van der Waals surface area contributed by atoms with Gasteiger partial charge in [0.25, 0.3) is 5.91 Å². The number of nitrogens with one attached hydrogen (secondary N) is 3. The van der Waals surface area contributed by atoms with Crippen molar-refractivity contribution in [2.24, 2.45) is 0 Å². The number of imide groups is 1. The van der Waals surface area contributed by atoms with Gasteiger partial charge in [0.1, 0.15) is 23.4 Å². The number of nitrogens with zero attached hydrogens (tertiary/aromatic N) is 6. The number of piperazine rings is 1. The first kappa shape index (κ1) is 47.0. The van der Waals surface area contributed by atoms with Crippen molar-refractivity contribution in [2.45, 2.75) is 44.0 Å². The molecule has 24 heteroatoms. The second-order valence-corrected chi connectivity index (χ2v) is 16.3. The Morgan fingerprint density at radius 2 is 1.55 bits per heavy atom. The lowest BCUT2D eigenvalue weighted by molar-refractivity contribution is -0.164. The molecule has 3 atom stereocenters. The summed E-state index contributed by atoms with van der Waals surface area (Å²) < 4.78 is 17.7. The van der Waals surface area contributed by atoms with Gasteiger partial charge in [-0.1, -0.05) is 78.9 Å². The van der Waals surface area contributed by atoms with Crippen LogP contribution in [-0.2, 0) is 43.1 Å². The van der Waals surface area contributed by atoms with Crippen molar-refractivity contribution in [3.63, 3.8) is 0 Å². The van der Waals surface area contributed by atoms with Crippen molar-refractivity contribution in [2.75, 3.05) is 31.2 Å². The topological polar surface area (TPSA) is 284 Å². The number of hydrogen-bond acceptors (Lipinski definition) is 17. The average Bonchev–Trinajstić information content (AvgIpc) is 3.75. The minimum absolute atomic E-state index is 0.0144. The van der Waals surface area contributed by atoms with Gasteiger partial charge >= 0.3 is 35.8 Å². The second-order valence-electron chi connectivity index (χ2n) is 14.8. The highest BCUT2D eigenvalue weighted by atomic mass is 32.2. The van der Waals surface area contributed by atoms with Gasteiger partial charge < -0.3 is 40.9 Å². The quantitative estimate of drug-likeness (QED) is 0.0147. The fourth-order valence-corrected chi connectivity index (χ4v) is 9.34. The van der Waals surface area contributed by atoms with Crippen LogP contribution in [0, 0.1) is 0 Å². The van der Waals surface area contributed by atoms with E-state index >= 15 is 0 Å². The number of likely N-dealkylation sites (N-methyl/N-ethyl adjacent to an activating group) is 1. The first-order chi connectivity index (χ1) is 32.1. The van der Waals surface area contributed by atoms with E-state index in [4.69, 9.17) is 32.3 Å². The maximum Gasteiger partial charge on any atom is 0.356 e. The molecule has 2 saturated heterocycles. The van der Waals surface area contributed by atoms with Crippen LogP contribution in [-0.4, -0.2) is 125 Å². The molecule has 7 rings (SSSR count). The van der Waals surface area contributed by atoms with Crippen molar-refractivity contribution in [1.29, 1.82) is 0 Å². The lowest BCUT2D eigenvalue weighted by Crippen LogP contribution is -2.85. The van der Waals surface area contributed by atoms with Crippen LogP contribution in [0.5, 0.6) is 11.5 Å². The molecule has 1 unspecified atom stereocenters. The smallest absolute Gasteiger partial charge is 0.356 e. The van der Waals surface area contributed by atoms with Gasteiger partial charge in [-0.2, -0.15) is 0 Å². The Bertz CT molecular complexity index is 2700. The summed E-state index contributed by atoms with van der Waals surface area (Å²) in [5.41, 5.74) is -1.61. The van der Waals surface area contributed by atoms with Crippen LogP contribution in [0.3, 0.4) is 0 Å². The molecule has 0 bridgehead atoms. The molecule has 3 aliphatic rings. The molecule has 22 nitrogen and oxygen atoms in total. The number of fused-ring (bicyclic) bond motifs is 1. The first-order valence-electron chi connectivity index (χ1n) is 20.2. The summed E-state index contributed by atoms with van der Waals surface area (Å²) >= 11 is 6.75. The number of benzene rings is 3. The summed E-state index contributed by atoms with van der Waals surface area (Å²) in [6.07, 6.45) is 0.321. The Hall–Kier alpha value is -7.99. The van der Waals surface area contributed by atoms with Gasteiger partial charge in [-0.3, -0.25) is 43.4 Å². The van der Waals surface area contributed by atoms with Gasteiger partial charge in [0.15, 0.2) is 23.4 Å². The van der Waals surface area contributed by atoms with Crippen LogP contribution in [0.4, 0.5) is 4.79 Å². The lowest BCUT2D eigenvalue weighted by Gasteiger charge is -2.56. The number of hydrogen-bond donors (Lipinski definition) is 4. The van der Waals surface area contributed by atoms with Crippen molar-refractivity contribution >= 4 is 82.8 Å². The number of nitrogens with two attached hydrogens (primary N) is 1. The van der Waals surface area contributed by atoms with Crippen molar-refractivity contribution < 1.29 is 57.4 Å². The molecule has 67 heavy (non-hydrogen) atoms. The van der Waals surface area contributed by atoms with Gasteiger partial charge in [0.05, 0.1) is 4.86 Å². The summed E-state index contributed by atoms with van der Waals surface area (Å²) in [7, 11) is 0. The summed E-state index contributed by atoms with van der Waals surface area (Å²) in [6.45, 7) is 3.71. The van der Waals surface area contributed by atoms with E-state index in [9.17, 15) is 43.2 Å². The highest BCUT2D eigenvalue weighted by Crippen LogP contribution is 2.47. The number of aromatic nitrogens is 3. The molecule has 0 saturated carbocycles. The maximum atomic E-state index is 14.8. The van der Waals surface area contributed by atoms with Crippen LogP contribution >= 0.6 is 24.0 Å². The van der Waals surface area contributed by atoms with E-state index in [0.29, 0.717) is 16.0 Å². The van der Waals surface area contributed by atoms with E-state index in [1.807, 2.05) is 0 Å². The second kappa shape index (κ2) is 19.6. The van der Waals surface area contributed by atoms with Crippen molar-refractivity contribution in [3.8, 4) is 11.5 Å². The number of nitrogen functional groups attached to an aromatic ring is 1. The summed E-state index contributed by atoms with van der Waals surface area (Å²) in [5, 5.41) is 13.8. The molecule has 3 aliphatic heterocycles. The predicted octanol–water partition coefficient (Wildman–Crippen LogP) is 0.763. The molecule has 3 aromatic carbocycles. The van der Waals surface area contributed by atoms with Crippen LogP contribution in [0.2, 0.25) is 0 Å². The number of amides is 7. The minimum Gasteiger partial charge on any atom is -0.448 e. The zero-order valence-corrected chi connectivity index (χ0v) is 37.3. The minimum atomic E-state index is -2.34. The van der Waals surface area contributed by atoms with Crippen LogP contribution in [0.1, 0.15) is 55.4 Å². The van der Waals surface area contributed by atoms with E-state index in [1.54, 1.807) is 67.6 Å². The fourth-order valence-electron chi connectivity index (χ4n) is 7.50. The van der Waals surface area contributed by atoms with Gasteiger partial charge in [0.2, 0.25) is 18.0 Å². The SMILES string of the molecule is CCN1CCN(C(=O)NC(C(=O)N[C@]2(NC=O)C(=O)N3C(C(=O)OC(c4ccccc4)c4ccccc4)=C(C(=S)c4nncn4N)CS[C@H]32)c2ccc(OC(C)=O)c(OC(C)=O)c2)C(=O)C1=O. The zero-order valence-electron chi connectivity index (χ0n) is 35.7. The van der Waals surface area contributed by atoms with Crippen molar-refractivity contribution in [1.82, 2.24) is 45.5 Å². The molecule has 4 aromatic rings. The van der Waals surface area contributed by atoms with Crippen LogP contribution in [0.25, 0.3) is 0 Å². The Morgan fingerprint density at radius 3 is 2.13 bits per heavy atom. The Labute approximate surface area is 390 Å². The number of urea groups is 1. The number of rotatable bonds is 15. The summed E-state index contributed by atoms with van der Waals surface area (Å²) in [6, 6.07) is 18.0. The summed E-state index contributed by atoms with van der Waals surface area (Å²) in [5.74, 6) is -1.80. The highest BCUT2D eigenvalue weighted by Gasteiger charge is 2.67. The number of carbonyl (C=O) groups excluding carboxylic acids is 9.